The van der Waals surface area contributed by atoms with E-state index in [2.05, 4.69) is 28.5 Å². The van der Waals surface area contributed by atoms with Crippen LogP contribution in [-0.2, 0) is 17.8 Å². The van der Waals surface area contributed by atoms with Gasteiger partial charge in [-0.15, -0.1) is 11.3 Å². The molecule has 0 aliphatic heterocycles. The Kier molecular flexibility index (Phi) is 5.80. The van der Waals surface area contributed by atoms with Crippen LogP contribution in [0.15, 0.2) is 60.9 Å². The first-order chi connectivity index (χ1) is 12.2. The number of amides is 1. The molecule has 1 aromatic carbocycles. The third-order valence-corrected chi connectivity index (χ3v) is 5.05. The van der Waals surface area contributed by atoms with Crippen LogP contribution in [0.25, 0.3) is 10.4 Å². The van der Waals surface area contributed by atoms with E-state index in [1.807, 2.05) is 12.3 Å². The van der Waals surface area contributed by atoms with Gasteiger partial charge in [-0.2, -0.15) is 0 Å². The van der Waals surface area contributed by atoms with Gasteiger partial charge in [-0.25, -0.2) is 0 Å². The molecule has 2 aromatic heterocycles. The quantitative estimate of drug-likeness (QED) is 0.671. The Labute approximate surface area is 151 Å². The van der Waals surface area contributed by atoms with Crippen molar-refractivity contribution < 1.29 is 9.90 Å². The second-order valence-electron chi connectivity index (χ2n) is 5.80. The first-order valence-electron chi connectivity index (χ1n) is 8.24. The van der Waals surface area contributed by atoms with E-state index in [0.717, 1.165) is 24.0 Å². The molecule has 0 saturated carbocycles. The number of hydrogen-bond acceptors (Lipinski definition) is 4. The van der Waals surface area contributed by atoms with Crippen molar-refractivity contribution in [1.82, 2.24) is 10.3 Å². The predicted molar refractivity (Wildman–Crippen MR) is 100 cm³/mol. The highest BCUT2D eigenvalue weighted by molar-refractivity contribution is 7.15. The summed E-state index contributed by atoms with van der Waals surface area (Å²) in [7, 11) is 0. The number of phenols is 1. The van der Waals surface area contributed by atoms with Crippen molar-refractivity contribution >= 4 is 17.2 Å². The number of aromatic nitrogens is 1. The molecule has 25 heavy (non-hydrogen) atoms. The minimum atomic E-state index is 0.0529. The Hall–Kier alpha value is -2.66. The van der Waals surface area contributed by atoms with Gasteiger partial charge in [0.05, 0.1) is 0 Å². The fraction of sp³-hybridized carbons (Fsp3) is 0.200. The van der Waals surface area contributed by atoms with Crippen LogP contribution < -0.4 is 5.32 Å². The third-order valence-electron chi connectivity index (χ3n) is 3.86. The van der Waals surface area contributed by atoms with Crippen molar-refractivity contribution in [3.8, 4) is 16.2 Å². The minimum Gasteiger partial charge on any atom is -0.508 e. The molecule has 0 atom stereocenters. The number of aromatic hydroxyl groups is 1. The summed E-state index contributed by atoms with van der Waals surface area (Å²) in [5.74, 6) is 0.286. The van der Waals surface area contributed by atoms with Crippen molar-refractivity contribution in [2.45, 2.75) is 25.8 Å². The van der Waals surface area contributed by atoms with Crippen LogP contribution >= 0.6 is 11.3 Å². The van der Waals surface area contributed by atoms with Gasteiger partial charge in [-0.3, -0.25) is 9.78 Å². The number of phenolic OH excluding ortho intramolecular Hbond substituents is 1. The second-order valence-corrected chi connectivity index (χ2v) is 6.97. The Morgan fingerprint density at radius 1 is 1.12 bits per heavy atom. The van der Waals surface area contributed by atoms with Crippen molar-refractivity contribution in [3.05, 3.63) is 71.4 Å². The number of nitrogens with one attached hydrogen (secondary N) is 1. The Bertz CT molecular complexity index is 813. The van der Waals surface area contributed by atoms with Gasteiger partial charge in [0.15, 0.2) is 0 Å². The topological polar surface area (TPSA) is 62.2 Å². The number of thiophene rings is 1. The molecule has 0 aliphatic rings. The van der Waals surface area contributed by atoms with E-state index in [1.54, 1.807) is 41.8 Å². The monoisotopic (exact) mass is 352 g/mol. The highest BCUT2D eigenvalue weighted by atomic mass is 32.1. The van der Waals surface area contributed by atoms with Gasteiger partial charge in [-0.1, -0.05) is 18.2 Å². The summed E-state index contributed by atoms with van der Waals surface area (Å²) in [4.78, 5) is 18.6. The molecular formula is C20H20N2O2S. The number of nitrogens with zero attached hydrogens (tertiary/aromatic N) is 1. The normalized spacial score (nSPS) is 10.6. The molecule has 3 rings (SSSR count). The van der Waals surface area contributed by atoms with Crippen LogP contribution in [0.3, 0.4) is 0 Å². The van der Waals surface area contributed by atoms with Crippen LogP contribution in [-0.4, -0.2) is 16.0 Å². The SMILES string of the molecule is O=C(CCCc1ccc(-c2cccnc2)s1)NCc1ccc(O)cc1. The highest BCUT2D eigenvalue weighted by Gasteiger charge is 2.05. The lowest BCUT2D eigenvalue weighted by Crippen LogP contribution is -2.22. The molecule has 3 aromatic rings. The molecule has 0 spiro atoms. The van der Waals surface area contributed by atoms with Crippen LogP contribution in [0.1, 0.15) is 23.3 Å². The summed E-state index contributed by atoms with van der Waals surface area (Å²) in [5.41, 5.74) is 2.11. The standard InChI is InChI=1S/C20H20N2O2S/c23-17-8-6-15(7-9-17)13-22-20(24)5-1-4-18-10-11-19(25-18)16-3-2-12-21-14-16/h2-3,6-12,14,23H,1,4-5,13H2,(H,22,24). The number of pyridine rings is 1. The van der Waals surface area contributed by atoms with Crippen molar-refractivity contribution in [2.75, 3.05) is 0 Å². The van der Waals surface area contributed by atoms with Crippen LogP contribution in [0.4, 0.5) is 0 Å². The van der Waals surface area contributed by atoms with E-state index in [4.69, 9.17) is 0 Å². The van der Waals surface area contributed by atoms with Gasteiger partial charge in [0.1, 0.15) is 5.75 Å². The van der Waals surface area contributed by atoms with Gasteiger partial charge >= 0.3 is 0 Å². The van der Waals surface area contributed by atoms with E-state index < -0.39 is 0 Å². The van der Waals surface area contributed by atoms with E-state index in [9.17, 15) is 9.90 Å². The van der Waals surface area contributed by atoms with Gasteiger partial charge in [0.2, 0.25) is 5.91 Å². The van der Waals surface area contributed by atoms with E-state index in [1.165, 1.54) is 9.75 Å². The number of carbonyl (C=O) groups excluding carboxylic acids is 1. The Balaban J connectivity index is 1.41. The average Bonchev–Trinajstić information content (AvgIpc) is 3.11. The number of hydrogen-bond donors (Lipinski definition) is 2. The zero-order chi connectivity index (χ0) is 17.5. The molecule has 5 heteroatoms. The van der Waals surface area contributed by atoms with Gasteiger partial charge in [-0.05, 0) is 48.7 Å². The lowest BCUT2D eigenvalue weighted by molar-refractivity contribution is -0.121. The molecule has 2 N–H and O–H groups in total. The van der Waals surface area contributed by atoms with E-state index in [-0.39, 0.29) is 11.7 Å². The fourth-order valence-corrected chi connectivity index (χ4v) is 3.54. The molecule has 0 fully saturated rings. The van der Waals surface area contributed by atoms with Gasteiger partial charge < -0.3 is 10.4 Å². The van der Waals surface area contributed by atoms with Crippen molar-refractivity contribution in [3.63, 3.8) is 0 Å². The molecule has 128 valence electrons. The molecular weight excluding hydrogens is 332 g/mol. The van der Waals surface area contributed by atoms with Gasteiger partial charge in [0.25, 0.3) is 0 Å². The predicted octanol–water partition coefficient (Wildman–Crippen LogP) is 4.15. The van der Waals surface area contributed by atoms with Crippen molar-refractivity contribution in [1.29, 1.82) is 0 Å². The number of aryl methyl sites for hydroxylation is 1. The number of benzene rings is 1. The summed E-state index contributed by atoms with van der Waals surface area (Å²) in [6.07, 6.45) is 5.88. The van der Waals surface area contributed by atoms with E-state index in [0.29, 0.717) is 13.0 Å². The number of carbonyl (C=O) groups is 1. The zero-order valence-corrected chi connectivity index (χ0v) is 14.6. The molecule has 4 nitrogen and oxygen atoms in total. The maximum atomic E-state index is 11.9. The third kappa shape index (κ3) is 5.16. The largest absolute Gasteiger partial charge is 0.508 e. The second kappa shape index (κ2) is 8.44. The average molecular weight is 352 g/mol. The van der Waals surface area contributed by atoms with Crippen LogP contribution in [0, 0.1) is 0 Å². The van der Waals surface area contributed by atoms with Gasteiger partial charge in [0, 0.05) is 40.7 Å². The first-order valence-corrected chi connectivity index (χ1v) is 9.06. The smallest absolute Gasteiger partial charge is 0.220 e. The lowest BCUT2D eigenvalue weighted by Gasteiger charge is -2.05. The summed E-state index contributed by atoms with van der Waals surface area (Å²) < 4.78 is 0. The zero-order valence-electron chi connectivity index (χ0n) is 13.8. The lowest BCUT2D eigenvalue weighted by atomic mass is 10.2. The molecule has 2 heterocycles. The molecule has 0 radical (unpaired) electrons. The summed E-state index contributed by atoms with van der Waals surface area (Å²) in [5, 5.41) is 12.2. The molecule has 0 unspecified atom stereocenters. The number of rotatable bonds is 7. The van der Waals surface area contributed by atoms with E-state index >= 15 is 0 Å². The molecule has 0 saturated heterocycles. The summed E-state index contributed by atoms with van der Waals surface area (Å²) >= 11 is 1.75. The maximum Gasteiger partial charge on any atom is 0.220 e. The van der Waals surface area contributed by atoms with Crippen molar-refractivity contribution in [2.24, 2.45) is 0 Å². The Morgan fingerprint density at radius 3 is 2.72 bits per heavy atom. The van der Waals surface area contributed by atoms with Crippen LogP contribution in [0.5, 0.6) is 5.75 Å². The Morgan fingerprint density at radius 2 is 1.96 bits per heavy atom. The highest BCUT2D eigenvalue weighted by Crippen LogP contribution is 2.28. The summed E-state index contributed by atoms with van der Waals surface area (Å²) in [6, 6.07) is 15.1. The molecule has 1 amide bonds. The maximum absolute atomic E-state index is 11.9. The minimum absolute atomic E-state index is 0.0529. The first kappa shape index (κ1) is 17.2. The molecule has 0 aliphatic carbocycles. The fourth-order valence-electron chi connectivity index (χ4n) is 2.50. The van der Waals surface area contributed by atoms with Crippen LogP contribution in [0.2, 0.25) is 0 Å². The summed E-state index contributed by atoms with van der Waals surface area (Å²) in [6.45, 7) is 0.489. The molecule has 0 bridgehead atoms.